The Morgan fingerprint density at radius 1 is 1.44 bits per heavy atom. The van der Waals surface area contributed by atoms with Crippen LogP contribution in [0.2, 0.25) is 0 Å². The van der Waals surface area contributed by atoms with Crippen molar-refractivity contribution in [3.8, 4) is 0 Å². The number of rotatable bonds is 3. The van der Waals surface area contributed by atoms with Crippen molar-refractivity contribution in [1.82, 2.24) is 9.97 Å². The second-order valence-electron chi connectivity index (χ2n) is 4.27. The van der Waals surface area contributed by atoms with Gasteiger partial charge in [0.15, 0.2) is 0 Å². The SMILES string of the molecule is OCC1(Nc2ncnc3ccsc23)CCC1. The van der Waals surface area contributed by atoms with Gasteiger partial charge in [0.05, 0.1) is 22.4 Å². The van der Waals surface area contributed by atoms with Crippen LogP contribution in [0.15, 0.2) is 17.8 Å². The Bertz CT molecular complexity index is 501. The molecule has 5 heteroatoms. The molecule has 0 saturated heterocycles. The van der Waals surface area contributed by atoms with Gasteiger partial charge in [-0.25, -0.2) is 9.97 Å². The molecule has 84 valence electrons. The van der Waals surface area contributed by atoms with E-state index in [1.165, 1.54) is 6.42 Å². The molecule has 1 aliphatic carbocycles. The van der Waals surface area contributed by atoms with Gasteiger partial charge in [0.2, 0.25) is 0 Å². The number of nitrogens with zero attached hydrogens (tertiary/aromatic N) is 2. The third-order valence-electron chi connectivity index (χ3n) is 3.24. The van der Waals surface area contributed by atoms with Crippen molar-refractivity contribution in [2.24, 2.45) is 0 Å². The van der Waals surface area contributed by atoms with Crippen LogP contribution < -0.4 is 5.32 Å². The second kappa shape index (κ2) is 3.68. The fourth-order valence-corrected chi connectivity index (χ4v) is 2.85. The van der Waals surface area contributed by atoms with Gasteiger partial charge in [0.25, 0.3) is 0 Å². The number of aromatic nitrogens is 2. The first-order chi connectivity index (χ1) is 7.83. The Morgan fingerprint density at radius 2 is 2.31 bits per heavy atom. The van der Waals surface area contributed by atoms with Crippen molar-refractivity contribution < 1.29 is 5.11 Å². The van der Waals surface area contributed by atoms with E-state index in [4.69, 9.17) is 0 Å². The lowest BCUT2D eigenvalue weighted by Gasteiger charge is -2.41. The van der Waals surface area contributed by atoms with E-state index in [-0.39, 0.29) is 12.1 Å². The maximum atomic E-state index is 9.42. The van der Waals surface area contributed by atoms with Crippen molar-refractivity contribution in [2.75, 3.05) is 11.9 Å². The predicted octanol–water partition coefficient (Wildman–Crippen LogP) is 2.02. The van der Waals surface area contributed by atoms with Crippen LogP contribution in [0.1, 0.15) is 19.3 Å². The van der Waals surface area contributed by atoms with Crippen LogP contribution in [0.3, 0.4) is 0 Å². The Labute approximate surface area is 97.4 Å². The zero-order valence-electron chi connectivity index (χ0n) is 8.81. The molecule has 1 saturated carbocycles. The summed E-state index contributed by atoms with van der Waals surface area (Å²) in [6, 6.07) is 1.99. The van der Waals surface area contributed by atoms with Gasteiger partial charge in [-0.15, -0.1) is 11.3 Å². The second-order valence-corrected chi connectivity index (χ2v) is 5.19. The van der Waals surface area contributed by atoms with Gasteiger partial charge in [-0.1, -0.05) is 0 Å². The minimum Gasteiger partial charge on any atom is -0.394 e. The molecule has 0 radical (unpaired) electrons. The van der Waals surface area contributed by atoms with Gasteiger partial charge < -0.3 is 10.4 Å². The van der Waals surface area contributed by atoms with E-state index in [1.54, 1.807) is 17.7 Å². The number of aliphatic hydroxyl groups is 1. The van der Waals surface area contributed by atoms with E-state index in [9.17, 15) is 5.11 Å². The van der Waals surface area contributed by atoms with Gasteiger partial charge in [-0.2, -0.15) is 0 Å². The minimum atomic E-state index is -0.148. The van der Waals surface area contributed by atoms with E-state index in [0.717, 1.165) is 28.9 Å². The number of aliphatic hydroxyl groups excluding tert-OH is 1. The van der Waals surface area contributed by atoms with Crippen LogP contribution in [0.5, 0.6) is 0 Å². The Morgan fingerprint density at radius 3 is 3.00 bits per heavy atom. The average molecular weight is 235 g/mol. The summed E-state index contributed by atoms with van der Waals surface area (Å²) in [5, 5.41) is 14.8. The maximum absolute atomic E-state index is 9.42. The first-order valence-corrected chi connectivity index (χ1v) is 6.28. The molecule has 0 atom stereocenters. The molecule has 0 amide bonds. The zero-order valence-corrected chi connectivity index (χ0v) is 9.63. The third-order valence-corrected chi connectivity index (χ3v) is 4.15. The topological polar surface area (TPSA) is 58.0 Å². The zero-order chi connectivity index (χ0) is 11.0. The largest absolute Gasteiger partial charge is 0.394 e. The van der Waals surface area contributed by atoms with E-state index < -0.39 is 0 Å². The van der Waals surface area contributed by atoms with Crippen LogP contribution in [0.4, 0.5) is 5.82 Å². The summed E-state index contributed by atoms with van der Waals surface area (Å²) >= 11 is 1.63. The highest BCUT2D eigenvalue weighted by Crippen LogP contribution is 2.36. The maximum Gasteiger partial charge on any atom is 0.147 e. The van der Waals surface area contributed by atoms with Crippen molar-refractivity contribution in [1.29, 1.82) is 0 Å². The van der Waals surface area contributed by atoms with Gasteiger partial charge in [-0.3, -0.25) is 0 Å². The van der Waals surface area contributed by atoms with Crippen LogP contribution in [0.25, 0.3) is 10.2 Å². The molecule has 2 aromatic rings. The van der Waals surface area contributed by atoms with Crippen LogP contribution in [0, 0.1) is 0 Å². The molecule has 0 bridgehead atoms. The standard InChI is InChI=1S/C11H13N3OS/c15-6-11(3-1-4-11)14-10-9-8(2-5-16-9)12-7-13-10/h2,5,7,15H,1,3-4,6H2,(H,12,13,14). The highest BCUT2D eigenvalue weighted by molar-refractivity contribution is 7.17. The normalized spacial score (nSPS) is 18.3. The lowest BCUT2D eigenvalue weighted by Crippen LogP contribution is -2.48. The molecule has 2 N–H and O–H groups in total. The summed E-state index contributed by atoms with van der Waals surface area (Å²) in [7, 11) is 0. The first kappa shape index (κ1) is 9.99. The van der Waals surface area contributed by atoms with Crippen molar-refractivity contribution in [2.45, 2.75) is 24.8 Å². The monoisotopic (exact) mass is 235 g/mol. The minimum absolute atomic E-state index is 0.148. The summed E-state index contributed by atoms with van der Waals surface area (Å²) in [6.45, 7) is 0.171. The quantitative estimate of drug-likeness (QED) is 0.854. The summed E-state index contributed by atoms with van der Waals surface area (Å²) in [6.07, 6.45) is 4.77. The fraction of sp³-hybridized carbons (Fsp3) is 0.455. The average Bonchev–Trinajstić information content (AvgIpc) is 2.72. The molecule has 0 spiro atoms. The number of hydrogen-bond acceptors (Lipinski definition) is 5. The molecule has 3 rings (SSSR count). The van der Waals surface area contributed by atoms with Crippen LogP contribution in [-0.4, -0.2) is 27.2 Å². The van der Waals surface area contributed by atoms with Crippen molar-refractivity contribution in [3.05, 3.63) is 17.8 Å². The summed E-state index contributed by atoms with van der Waals surface area (Å²) in [5.41, 5.74) is 0.820. The molecule has 16 heavy (non-hydrogen) atoms. The predicted molar refractivity (Wildman–Crippen MR) is 64.7 cm³/mol. The third kappa shape index (κ3) is 1.47. The Kier molecular flexibility index (Phi) is 2.29. The molecule has 2 aromatic heterocycles. The number of anilines is 1. The molecule has 0 unspecified atom stereocenters. The first-order valence-electron chi connectivity index (χ1n) is 5.40. The molecule has 1 aliphatic rings. The Hall–Kier alpha value is -1.20. The molecular weight excluding hydrogens is 222 g/mol. The highest BCUT2D eigenvalue weighted by Gasteiger charge is 2.36. The number of hydrogen-bond donors (Lipinski definition) is 2. The van der Waals surface area contributed by atoms with Crippen LogP contribution in [-0.2, 0) is 0 Å². The van der Waals surface area contributed by atoms with Crippen LogP contribution >= 0.6 is 11.3 Å². The molecule has 2 heterocycles. The van der Waals surface area contributed by atoms with Gasteiger partial charge in [-0.05, 0) is 30.7 Å². The number of nitrogens with one attached hydrogen (secondary N) is 1. The highest BCUT2D eigenvalue weighted by atomic mass is 32.1. The Balaban J connectivity index is 1.96. The summed E-state index contributed by atoms with van der Waals surface area (Å²) in [5.74, 6) is 0.855. The fourth-order valence-electron chi connectivity index (χ4n) is 2.06. The smallest absolute Gasteiger partial charge is 0.147 e. The lowest BCUT2D eigenvalue weighted by atomic mass is 9.77. The van der Waals surface area contributed by atoms with Crippen molar-refractivity contribution >= 4 is 27.4 Å². The number of fused-ring (bicyclic) bond motifs is 1. The summed E-state index contributed by atoms with van der Waals surface area (Å²) in [4.78, 5) is 8.47. The molecule has 0 aliphatic heterocycles. The van der Waals surface area contributed by atoms with Gasteiger partial charge >= 0.3 is 0 Å². The van der Waals surface area contributed by atoms with E-state index in [2.05, 4.69) is 15.3 Å². The van der Waals surface area contributed by atoms with E-state index in [1.807, 2.05) is 11.4 Å². The number of thiophene rings is 1. The van der Waals surface area contributed by atoms with Gasteiger partial charge in [0, 0.05) is 0 Å². The van der Waals surface area contributed by atoms with E-state index in [0.29, 0.717) is 0 Å². The molecule has 0 aromatic carbocycles. The lowest BCUT2D eigenvalue weighted by molar-refractivity contribution is 0.144. The van der Waals surface area contributed by atoms with Gasteiger partial charge in [0.1, 0.15) is 12.1 Å². The molecule has 1 fully saturated rings. The summed E-state index contributed by atoms with van der Waals surface area (Å²) < 4.78 is 1.07. The molecular formula is C11H13N3OS. The van der Waals surface area contributed by atoms with Crippen molar-refractivity contribution in [3.63, 3.8) is 0 Å². The molecule has 4 nitrogen and oxygen atoms in total. The van der Waals surface area contributed by atoms with E-state index >= 15 is 0 Å².